The van der Waals surface area contributed by atoms with E-state index < -0.39 is 0 Å². The van der Waals surface area contributed by atoms with Crippen molar-refractivity contribution in [2.24, 2.45) is 0 Å². The van der Waals surface area contributed by atoms with Crippen molar-refractivity contribution in [2.75, 3.05) is 25.1 Å². The molecule has 26 heavy (non-hydrogen) atoms. The van der Waals surface area contributed by atoms with E-state index in [0.29, 0.717) is 5.92 Å². The molecule has 1 aliphatic rings. The smallest absolute Gasteiger partial charge is 0.244 e. The van der Waals surface area contributed by atoms with Gasteiger partial charge in [-0.1, -0.05) is 38.1 Å². The number of anilines is 1. The van der Waals surface area contributed by atoms with Crippen LogP contribution in [0, 0.1) is 0 Å². The largest absolute Gasteiger partial charge is 0.497 e. The van der Waals surface area contributed by atoms with Crippen molar-refractivity contribution in [3.63, 3.8) is 0 Å². The first kappa shape index (κ1) is 18.5. The summed E-state index contributed by atoms with van der Waals surface area (Å²) in [5, 5.41) is 0. The van der Waals surface area contributed by atoms with E-state index in [1.807, 2.05) is 24.0 Å². The predicted octanol–water partition coefficient (Wildman–Crippen LogP) is 4.06. The summed E-state index contributed by atoms with van der Waals surface area (Å²) in [5.41, 5.74) is 3.49. The number of carbonyl (C=O) groups excluding carboxylic acids is 1. The van der Waals surface area contributed by atoms with Gasteiger partial charge < -0.3 is 9.64 Å². The molecule has 4 heteroatoms. The summed E-state index contributed by atoms with van der Waals surface area (Å²) in [6.45, 7) is 8.73. The van der Waals surface area contributed by atoms with Crippen molar-refractivity contribution >= 4 is 11.6 Å². The van der Waals surface area contributed by atoms with Gasteiger partial charge in [-0.15, -0.1) is 0 Å². The average molecular weight is 352 g/mol. The molecule has 0 saturated carbocycles. The van der Waals surface area contributed by atoms with Crippen molar-refractivity contribution in [3.05, 3.63) is 59.7 Å². The van der Waals surface area contributed by atoms with E-state index >= 15 is 0 Å². The van der Waals surface area contributed by atoms with E-state index in [9.17, 15) is 4.79 Å². The first-order valence-corrected chi connectivity index (χ1v) is 9.28. The molecule has 0 aromatic heterocycles. The number of amides is 1. The Morgan fingerprint density at radius 1 is 1.04 bits per heavy atom. The number of nitrogens with zero attached hydrogens (tertiary/aromatic N) is 2. The topological polar surface area (TPSA) is 32.8 Å². The fourth-order valence-electron chi connectivity index (χ4n) is 3.39. The molecule has 0 N–H and O–H groups in total. The van der Waals surface area contributed by atoms with Crippen LogP contribution in [-0.4, -0.2) is 37.0 Å². The lowest BCUT2D eigenvalue weighted by molar-refractivity contribution is -0.125. The molecule has 1 fully saturated rings. The van der Waals surface area contributed by atoms with E-state index in [-0.39, 0.29) is 11.9 Å². The fraction of sp³-hybridized carbons (Fsp3) is 0.409. The maximum absolute atomic E-state index is 12.9. The molecular formula is C22H28N2O2. The third kappa shape index (κ3) is 3.91. The van der Waals surface area contributed by atoms with Crippen LogP contribution >= 0.6 is 0 Å². The summed E-state index contributed by atoms with van der Waals surface area (Å²) in [7, 11) is 1.67. The Kier molecular flexibility index (Phi) is 5.62. The van der Waals surface area contributed by atoms with E-state index in [2.05, 4.69) is 55.1 Å². The van der Waals surface area contributed by atoms with E-state index in [1.165, 1.54) is 11.1 Å². The lowest BCUT2D eigenvalue weighted by atomic mass is 10.0. The normalized spacial score (nSPS) is 18.4. The van der Waals surface area contributed by atoms with Gasteiger partial charge in [0.1, 0.15) is 5.75 Å². The molecule has 4 nitrogen and oxygen atoms in total. The Morgan fingerprint density at radius 2 is 1.69 bits per heavy atom. The van der Waals surface area contributed by atoms with Crippen LogP contribution in [-0.2, 0) is 11.3 Å². The Bertz CT molecular complexity index is 738. The molecule has 0 bridgehead atoms. The first-order valence-electron chi connectivity index (χ1n) is 9.28. The minimum atomic E-state index is -0.129. The minimum absolute atomic E-state index is 0.129. The van der Waals surface area contributed by atoms with Crippen molar-refractivity contribution < 1.29 is 9.53 Å². The molecule has 3 rings (SSSR count). The standard InChI is InChI=1S/C22H28N2O2/c1-16(2)19-7-9-20(10-8-19)24-14-13-23(17(3)22(24)25)15-18-5-11-21(26-4)12-6-18/h5-12,16-17H,13-15H2,1-4H3/t17-/m0/s1. The molecule has 0 aliphatic carbocycles. The van der Waals surface area contributed by atoms with Gasteiger partial charge in [0.2, 0.25) is 5.91 Å². The molecule has 138 valence electrons. The fourth-order valence-corrected chi connectivity index (χ4v) is 3.39. The van der Waals surface area contributed by atoms with Gasteiger partial charge in [0.15, 0.2) is 0 Å². The Balaban J connectivity index is 1.67. The van der Waals surface area contributed by atoms with Crippen molar-refractivity contribution in [1.82, 2.24) is 4.90 Å². The number of methoxy groups -OCH3 is 1. The van der Waals surface area contributed by atoms with Crippen LogP contribution in [0.15, 0.2) is 48.5 Å². The molecule has 0 unspecified atom stereocenters. The van der Waals surface area contributed by atoms with Crippen LogP contribution in [0.3, 0.4) is 0 Å². The van der Waals surface area contributed by atoms with Crippen LogP contribution < -0.4 is 9.64 Å². The van der Waals surface area contributed by atoms with Gasteiger partial charge in [-0.2, -0.15) is 0 Å². The van der Waals surface area contributed by atoms with Gasteiger partial charge in [0.25, 0.3) is 0 Å². The summed E-state index contributed by atoms with van der Waals surface area (Å²) in [6.07, 6.45) is 0. The maximum atomic E-state index is 12.9. The lowest BCUT2D eigenvalue weighted by Crippen LogP contribution is -2.55. The zero-order valence-electron chi connectivity index (χ0n) is 16.1. The van der Waals surface area contributed by atoms with Gasteiger partial charge in [-0.25, -0.2) is 0 Å². The van der Waals surface area contributed by atoms with Crippen molar-refractivity contribution in [1.29, 1.82) is 0 Å². The number of rotatable bonds is 5. The second kappa shape index (κ2) is 7.92. The molecule has 1 amide bonds. The summed E-state index contributed by atoms with van der Waals surface area (Å²) >= 11 is 0. The molecular weight excluding hydrogens is 324 g/mol. The molecule has 1 saturated heterocycles. The Hall–Kier alpha value is -2.33. The van der Waals surface area contributed by atoms with E-state index in [0.717, 1.165) is 31.1 Å². The third-order valence-electron chi connectivity index (χ3n) is 5.20. The van der Waals surface area contributed by atoms with Gasteiger partial charge >= 0.3 is 0 Å². The second-order valence-electron chi connectivity index (χ2n) is 7.23. The van der Waals surface area contributed by atoms with Crippen molar-refractivity contribution in [2.45, 2.75) is 39.3 Å². The number of carbonyl (C=O) groups is 1. The van der Waals surface area contributed by atoms with Crippen LogP contribution in [0.25, 0.3) is 0 Å². The number of hydrogen-bond donors (Lipinski definition) is 0. The minimum Gasteiger partial charge on any atom is -0.497 e. The van der Waals surface area contributed by atoms with Crippen LogP contribution in [0.1, 0.15) is 37.8 Å². The van der Waals surface area contributed by atoms with Crippen LogP contribution in [0.2, 0.25) is 0 Å². The Morgan fingerprint density at radius 3 is 2.27 bits per heavy atom. The molecule has 1 heterocycles. The maximum Gasteiger partial charge on any atom is 0.244 e. The van der Waals surface area contributed by atoms with Crippen LogP contribution in [0.4, 0.5) is 5.69 Å². The summed E-state index contributed by atoms with van der Waals surface area (Å²) < 4.78 is 5.21. The van der Waals surface area contributed by atoms with Gasteiger partial charge in [0, 0.05) is 25.3 Å². The summed E-state index contributed by atoms with van der Waals surface area (Å²) in [5.74, 6) is 1.52. The van der Waals surface area contributed by atoms with E-state index in [1.54, 1.807) is 7.11 Å². The molecule has 0 spiro atoms. The van der Waals surface area contributed by atoms with Gasteiger partial charge in [0.05, 0.1) is 13.2 Å². The average Bonchev–Trinajstić information content (AvgIpc) is 2.66. The Labute approximate surface area is 156 Å². The van der Waals surface area contributed by atoms with Crippen LogP contribution in [0.5, 0.6) is 5.75 Å². The quantitative estimate of drug-likeness (QED) is 0.814. The number of piperazine rings is 1. The second-order valence-corrected chi connectivity index (χ2v) is 7.23. The highest BCUT2D eigenvalue weighted by Gasteiger charge is 2.32. The number of hydrogen-bond acceptors (Lipinski definition) is 3. The summed E-state index contributed by atoms with van der Waals surface area (Å²) in [6, 6.07) is 16.3. The highest BCUT2D eigenvalue weighted by atomic mass is 16.5. The highest BCUT2D eigenvalue weighted by molar-refractivity contribution is 5.97. The zero-order valence-corrected chi connectivity index (χ0v) is 16.1. The lowest BCUT2D eigenvalue weighted by Gasteiger charge is -2.39. The SMILES string of the molecule is COc1ccc(CN2CCN(c3ccc(C(C)C)cc3)C(=O)[C@@H]2C)cc1. The van der Waals surface area contributed by atoms with Gasteiger partial charge in [-0.3, -0.25) is 9.69 Å². The summed E-state index contributed by atoms with van der Waals surface area (Å²) in [4.78, 5) is 17.1. The van der Waals surface area contributed by atoms with Gasteiger partial charge in [-0.05, 0) is 48.2 Å². The zero-order chi connectivity index (χ0) is 18.7. The molecule has 0 radical (unpaired) electrons. The molecule has 1 aliphatic heterocycles. The van der Waals surface area contributed by atoms with E-state index in [4.69, 9.17) is 4.74 Å². The number of benzene rings is 2. The first-order chi connectivity index (χ1) is 12.5. The van der Waals surface area contributed by atoms with Crippen molar-refractivity contribution in [3.8, 4) is 5.75 Å². The monoisotopic (exact) mass is 352 g/mol. The molecule has 2 aromatic rings. The number of ether oxygens (including phenoxy) is 1. The third-order valence-corrected chi connectivity index (χ3v) is 5.20. The molecule has 1 atom stereocenters. The predicted molar refractivity (Wildman–Crippen MR) is 106 cm³/mol. The molecule has 2 aromatic carbocycles. The highest BCUT2D eigenvalue weighted by Crippen LogP contribution is 2.24.